The van der Waals surface area contributed by atoms with Crippen LogP contribution in [-0.4, -0.2) is 142 Å². The lowest BCUT2D eigenvalue weighted by Gasteiger charge is -2.23. The highest BCUT2D eigenvalue weighted by molar-refractivity contribution is 7.59. The molecule has 6 amide bonds. The van der Waals surface area contributed by atoms with Gasteiger partial charge in [-0.25, -0.2) is 0 Å². The fourth-order valence-corrected chi connectivity index (χ4v) is 9.56. The number of hydrogen-bond donors (Lipinski definition) is 5. The van der Waals surface area contributed by atoms with Gasteiger partial charge in [0.25, 0.3) is 0 Å². The SMILES string of the molecule is CCCCCCCCCCCCCCOCC(CNC(=O)CC(C)[C@H](NC(=O)CCOCCOCCCC(=O)/C=C/C(=O)N(CC(N)=O)CC(=O)[C@H](C)NC(=O)[C@H](C)CC(=O)OCc1ccccc1)C(N)=O)OCCCCCCCCCCCCCC.S.S.S. The van der Waals surface area contributed by atoms with Gasteiger partial charge in [-0.2, -0.15) is 40.5 Å². The molecule has 0 fully saturated rings. The number of ketones is 2. The molecule has 7 N–H and O–H groups in total. The fraction of sp³-hybridized carbons (Fsp3) is 0.746. The van der Waals surface area contributed by atoms with Crippen molar-refractivity contribution in [3.8, 4) is 0 Å². The average molecular weight is 1330 g/mol. The summed E-state index contributed by atoms with van der Waals surface area (Å²) in [6.45, 7) is 10.3. The largest absolute Gasteiger partial charge is 0.461 e. The van der Waals surface area contributed by atoms with Crippen molar-refractivity contribution in [3.63, 3.8) is 0 Å². The molecule has 23 heteroatoms. The van der Waals surface area contributed by atoms with Gasteiger partial charge in [0.1, 0.15) is 19.2 Å². The molecule has 0 bridgehead atoms. The van der Waals surface area contributed by atoms with E-state index in [1.807, 2.05) is 18.2 Å². The molecule has 0 saturated carbocycles. The van der Waals surface area contributed by atoms with Gasteiger partial charge in [-0.1, -0.05) is 199 Å². The highest BCUT2D eigenvalue weighted by Gasteiger charge is 2.28. The van der Waals surface area contributed by atoms with Crippen molar-refractivity contribution in [2.24, 2.45) is 23.3 Å². The van der Waals surface area contributed by atoms with E-state index in [0.29, 0.717) is 26.2 Å². The van der Waals surface area contributed by atoms with Crippen LogP contribution in [0, 0.1) is 11.8 Å². The quantitative estimate of drug-likeness (QED) is 0.0231. The topological polar surface area (TPSA) is 291 Å². The zero-order valence-corrected chi connectivity index (χ0v) is 58.5. The number of nitrogens with one attached hydrogen (secondary N) is 3. The molecule has 0 saturated heterocycles. The van der Waals surface area contributed by atoms with E-state index in [1.165, 1.54) is 142 Å². The molecular weight excluding hydrogens is 1210 g/mol. The van der Waals surface area contributed by atoms with E-state index in [-0.39, 0.29) is 118 Å². The number of carbonyl (C=O) groups is 9. The molecule has 0 aromatic heterocycles. The Morgan fingerprint density at radius 3 is 1.59 bits per heavy atom. The van der Waals surface area contributed by atoms with E-state index in [9.17, 15) is 43.2 Å². The number of Topliss-reactive ketones (excluding diaryl/α,β-unsaturated/α-hetero) is 1. The van der Waals surface area contributed by atoms with Gasteiger partial charge in [-0.05, 0) is 43.7 Å². The summed E-state index contributed by atoms with van der Waals surface area (Å²) >= 11 is 0. The van der Waals surface area contributed by atoms with Crippen LogP contribution in [0.2, 0.25) is 0 Å². The lowest BCUT2D eigenvalue weighted by Crippen LogP contribution is -2.49. The molecule has 1 aromatic rings. The summed E-state index contributed by atoms with van der Waals surface area (Å²) in [6, 6.07) is 6.87. The summed E-state index contributed by atoms with van der Waals surface area (Å²) in [5.41, 5.74) is 11.8. The Morgan fingerprint density at radius 1 is 0.544 bits per heavy atom. The first-order chi connectivity index (χ1) is 42.0. The first kappa shape index (κ1) is 89.7. The highest BCUT2D eigenvalue weighted by atomic mass is 32.1. The van der Waals surface area contributed by atoms with E-state index >= 15 is 0 Å². The second-order valence-electron chi connectivity index (χ2n) is 23.3. The minimum absolute atomic E-state index is 0. The van der Waals surface area contributed by atoms with E-state index in [0.717, 1.165) is 48.3 Å². The summed E-state index contributed by atoms with van der Waals surface area (Å²) in [7, 11) is 0. The Morgan fingerprint density at radius 2 is 1.06 bits per heavy atom. The number of unbranched alkanes of at least 4 members (excludes halogenated alkanes) is 22. The zero-order valence-electron chi connectivity index (χ0n) is 55.5. The van der Waals surface area contributed by atoms with Crippen LogP contribution >= 0.6 is 40.5 Å². The van der Waals surface area contributed by atoms with Gasteiger partial charge in [-0.15, -0.1) is 0 Å². The third-order valence-electron chi connectivity index (χ3n) is 15.0. The van der Waals surface area contributed by atoms with Crippen LogP contribution < -0.4 is 27.4 Å². The van der Waals surface area contributed by atoms with Gasteiger partial charge in [-0.3, -0.25) is 43.2 Å². The van der Waals surface area contributed by atoms with Crippen LogP contribution in [0.5, 0.6) is 0 Å². The van der Waals surface area contributed by atoms with Gasteiger partial charge in [0.05, 0.1) is 51.5 Å². The Bertz CT molecular complexity index is 2100. The summed E-state index contributed by atoms with van der Waals surface area (Å²) in [6.07, 6.45) is 31.9. The third-order valence-corrected chi connectivity index (χ3v) is 15.0. The lowest BCUT2D eigenvalue weighted by atomic mass is 9.97. The van der Waals surface area contributed by atoms with Gasteiger partial charge in [0, 0.05) is 57.6 Å². The van der Waals surface area contributed by atoms with E-state index in [2.05, 4.69) is 29.8 Å². The van der Waals surface area contributed by atoms with Crippen molar-refractivity contribution < 1.29 is 66.8 Å². The number of carbonyl (C=O) groups excluding carboxylic acids is 9. The van der Waals surface area contributed by atoms with Crippen LogP contribution in [0.4, 0.5) is 0 Å². The predicted molar refractivity (Wildman–Crippen MR) is 370 cm³/mol. The van der Waals surface area contributed by atoms with E-state index in [4.69, 9.17) is 35.2 Å². The number of rotatable bonds is 59. The number of esters is 1. The Balaban J connectivity index is -0.0000252. The van der Waals surface area contributed by atoms with Crippen molar-refractivity contribution in [2.75, 3.05) is 65.9 Å². The van der Waals surface area contributed by atoms with E-state index < -0.39 is 84.1 Å². The number of nitrogens with two attached hydrogens (primary N) is 2. The van der Waals surface area contributed by atoms with Gasteiger partial charge < -0.3 is 56.0 Å². The fourth-order valence-electron chi connectivity index (χ4n) is 9.56. The second-order valence-corrected chi connectivity index (χ2v) is 23.3. The zero-order chi connectivity index (χ0) is 64.1. The smallest absolute Gasteiger partial charge is 0.306 e. The van der Waals surface area contributed by atoms with Crippen LogP contribution in [0.25, 0.3) is 0 Å². The molecule has 2 unspecified atom stereocenters. The lowest BCUT2D eigenvalue weighted by molar-refractivity contribution is -0.148. The molecule has 0 aliphatic heterocycles. The molecule has 1 aromatic carbocycles. The molecule has 0 heterocycles. The second kappa shape index (κ2) is 60.7. The maximum Gasteiger partial charge on any atom is 0.306 e. The van der Waals surface area contributed by atoms with Gasteiger partial charge >= 0.3 is 5.97 Å². The molecule has 0 spiro atoms. The number of hydrogen-bond acceptors (Lipinski definition) is 14. The van der Waals surface area contributed by atoms with Crippen molar-refractivity contribution in [3.05, 3.63) is 48.0 Å². The Labute approximate surface area is 561 Å². The number of primary amides is 2. The molecule has 0 aliphatic carbocycles. The van der Waals surface area contributed by atoms with Crippen LogP contribution in [0.1, 0.15) is 226 Å². The van der Waals surface area contributed by atoms with Crippen LogP contribution in [0.15, 0.2) is 42.5 Å². The molecular formula is C67H120N6O14S3. The maximum atomic E-state index is 13.2. The van der Waals surface area contributed by atoms with Crippen LogP contribution in [0.3, 0.4) is 0 Å². The first-order valence-electron chi connectivity index (χ1n) is 33.0. The molecule has 20 nitrogen and oxygen atoms in total. The highest BCUT2D eigenvalue weighted by Crippen LogP contribution is 2.16. The van der Waals surface area contributed by atoms with Crippen molar-refractivity contribution in [1.82, 2.24) is 20.9 Å². The molecule has 90 heavy (non-hydrogen) atoms. The standard InChI is InChI=1S/C67H114N6O14.3H2S/c1-6-8-10-12-14-16-18-20-22-24-26-31-40-85-52-58(86-42-32-27-25-23-21-19-17-15-13-11-9-7-2)48-70-62(78)46-53(3)65(66(69)81)72-61(77)39-43-84-45-44-83-41-33-36-57(74)37-38-63(79)73(50-60(68)76)49-59(75)55(5)71-67(82)54(4)47-64(80)87-51-56-34-29-28-30-35-56;;;/h28-30,34-35,37-38,53-55,58,65H,6-27,31-33,36,39-52H2,1-5H3,(H2,68,76)(H2,69,81)(H,70,78)(H,71,82)(H,72,77);3*1H2/b38-37+;;;/t53?,54-,55+,58?,65+;;;/m1.../s1. The Kier molecular flexibility index (Phi) is 60.5. The molecule has 0 aliphatic rings. The first-order valence-corrected chi connectivity index (χ1v) is 33.0. The van der Waals surface area contributed by atoms with Crippen molar-refractivity contribution >= 4 is 93.5 Å². The summed E-state index contributed by atoms with van der Waals surface area (Å²) < 4.78 is 28.6. The van der Waals surface area contributed by atoms with Crippen molar-refractivity contribution in [1.29, 1.82) is 0 Å². The Hall–Kier alpha value is -4.52. The summed E-state index contributed by atoms with van der Waals surface area (Å²) in [4.78, 5) is 115. The molecule has 5 atom stereocenters. The normalized spacial score (nSPS) is 12.6. The molecule has 0 radical (unpaired) electrons. The number of ether oxygens (including phenoxy) is 5. The monoisotopic (exact) mass is 1330 g/mol. The number of nitrogens with zero attached hydrogens (tertiary/aromatic N) is 1. The number of amides is 6. The average Bonchev–Trinajstić information content (AvgIpc) is 3.52. The summed E-state index contributed by atoms with van der Waals surface area (Å²) in [5, 5.41) is 8.12. The minimum atomic E-state index is -1.09. The molecule has 1 rings (SSSR count). The van der Waals surface area contributed by atoms with Gasteiger partial charge in [0.2, 0.25) is 35.4 Å². The number of benzene rings is 1. The van der Waals surface area contributed by atoms with Crippen LogP contribution in [-0.2, 0) is 73.4 Å². The molecule has 520 valence electrons. The third kappa shape index (κ3) is 51.0. The summed E-state index contributed by atoms with van der Waals surface area (Å²) in [5.74, 6) is -6.88. The van der Waals surface area contributed by atoms with E-state index in [1.54, 1.807) is 19.1 Å². The maximum absolute atomic E-state index is 13.2. The van der Waals surface area contributed by atoms with Gasteiger partial charge in [0.15, 0.2) is 11.6 Å². The predicted octanol–water partition coefficient (Wildman–Crippen LogP) is 9.73. The minimum Gasteiger partial charge on any atom is -0.461 e. The van der Waals surface area contributed by atoms with Crippen molar-refractivity contribution in [2.45, 2.75) is 246 Å². The number of allylic oxidation sites excluding steroid dienone is 1.